The predicted octanol–water partition coefficient (Wildman–Crippen LogP) is 3.49. The molecule has 1 atom stereocenters. The van der Waals surface area contributed by atoms with Gasteiger partial charge in [0.25, 0.3) is 0 Å². The highest BCUT2D eigenvalue weighted by Gasteiger charge is 2.35. The summed E-state index contributed by atoms with van der Waals surface area (Å²) in [5, 5.41) is 3.46. The van der Waals surface area contributed by atoms with Gasteiger partial charge in [-0.3, -0.25) is 0 Å². The zero-order chi connectivity index (χ0) is 13.3. The first-order valence-electron chi connectivity index (χ1n) is 7.91. The third-order valence-electron chi connectivity index (χ3n) is 5.24. The second kappa shape index (κ2) is 5.28. The van der Waals surface area contributed by atoms with Crippen LogP contribution >= 0.6 is 0 Å². The van der Waals surface area contributed by atoms with Crippen LogP contribution in [-0.4, -0.2) is 22.6 Å². The summed E-state index contributed by atoms with van der Waals surface area (Å²) in [4.78, 5) is 4.48. The molecule has 1 aromatic rings. The highest BCUT2D eigenvalue weighted by molar-refractivity contribution is 5.10. The van der Waals surface area contributed by atoms with E-state index in [9.17, 15) is 0 Å². The van der Waals surface area contributed by atoms with Crippen molar-refractivity contribution in [2.75, 3.05) is 13.1 Å². The van der Waals surface area contributed by atoms with Gasteiger partial charge in [-0.15, -0.1) is 0 Å². The fourth-order valence-corrected chi connectivity index (χ4v) is 4.00. The quantitative estimate of drug-likeness (QED) is 0.883. The summed E-state index contributed by atoms with van der Waals surface area (Å²) in [6, 6.07) is 0.647. The van der Waals surface area contributed by atoms with Crippen LogP contribution in [0.15, 0.2) is 12.5 Å². The smallest absolute Gasteiger partial charge is 0.0951 e. The summed E-state index contributed by atoms with van der Waals surface area (Å²) < 4.78 is 2.52. The Balaban J connectivity index is 1.86. The molecule has 0 spiro atoms. The van der Waals surface area contributed by atoms with Crippen LogP contribution in [0.4, 0.5) is 0 Å². The first-order valence-corrected chi connectivity index (χ1v) is 7.91. The number of hydrogen-bond donors (Lipinski definition) is 1. The Morgan fingerprint density at radius 1 is 1.21 bits per heavy atom. The zero-order valence-electron chi connectivity index (χ0n) is 12.4. The summed E-state index contributed by atoms with van der Waals surface area (Å²) in [6.45, 7) is 7.18. The monoisotopic (exact) mass is 261 g/mol. The number of aromatic nitrogens is 2. The molecule has 1 N–H and O–H groups in total. The van der Waals surface area contributed by atoms with E-state index in [4.69, 9.17) is 0 Å². The van der Waals surface area contributed by atoms with Crippen molar-refractivity contribution in [1.29, 1.82) is 0 Å². The average Bonchev–Trinajstić information content (AvgIpc) is 2.88. The fraction of sp³-hybridized carbons (Fsp3) is 0.812. The van der Waals surface area contributed by atoms with Gasteiger partial charge < -0.3 is 9.88 Å². The first-order chi connectivity index (χ1) is 9.18. The molecule has 1 aromatic heterocycles. The van der Waals surface area contributed by atoms with Gasteiger partial charge in [-0.2, -0.15) is 0 Å². The maximum atomic E-state index is 4.48. The molecule has 3 rings (SSSR count). The SMILES string of the molecule is CC1(C)CCCCC1n1cncc1C1CCNCC1. The van der Waals surface area contributed by atoms with Gasteiger partial charge in [0.2, 0.25) is 0 Å². The molecular formula is C16H27N3. The standard InChI is InChI=1S/C16H27N3/c1-16(2)8-4-3-5-15(16)19-12-18-11-14(19)13-6-9-17-10-7-13/h11-13,15,17H,3-10H2,1-2H3. The molecule has 2 aliphatic rings. The average molecular weight is 261 g/mol. The summed E-state index contributed by atoms with van der Waals surface area (Å²) in [5.74, 6) is 0.710. The zero-order valence-corrected chi connectivity index (χ0v) is 12.4. The Kier molecular flexibility index (Phi) is 3.66. The lowest BCUT2D eigenvalue weighted by molar-refractivity contribution is 0.139. The number of hydrogen-bond acceptors (Lipinski definition) is 2. The van der Waals surface area contributed by atoms with Gasteiger partial charge in [0, 0.05) is 23.9 Å². The Labute approximate surface area is 116 Å². The van der Waals surface area contributed by atoms with Crippen molar-refractivity contribution in [3.8, 4) is 0 Å². The lowest BCUT2D eigenvalue weighted by Gasteiger charge is -2.41. The summed E-state index contributed by atoms with van der Waals surface area (Å²) in [7, 11) is 0. The Bertz CT molecular complexity index is 415. The second-order valence-corrected chi connectivity index (χ2v) is 7.00. The molecule has 1 aliphatic carbocycles. The van der Waals surface area contributed by atoms with Crippen LogP contribution in [0.25, 0.3) is 0 Å². The van der Waals surface area contributed by atoms with Crippen molar-refractivity contribution in [2.24, 2.45) is 5.41 Å². The molecule has 1 aliphatic heterocycles. The van der Waals surface area contributed by atoms with Crippen LogP contribution in [0.5, 0.6) is 0 Å². The van der Waals surface area contributed by atoms with E-state index in [1.165, 1.54) is 44.2 Å². The molecule has 0 aromatic carbocycles. The predicted molar refractivity (Wildman–Crippen MR) is 78.4 cm³/mol. The summed E-state index contributed by atoms with van der Waals surface area (Å²) in [5.41, 5.74) is 1.90. The van der Waals surface area contributed by atoms with E-state index in [2.05, 4.69) is 41.2 Å². The molecule has 1 unspecified atom stereocenters. The minimum Gasteiger partial charge on any atom is -0.331 e. The van der Waals surface area contributed by atoms with Gasteiger partial charge in [0.05, 0.1) is 6.33 Å². The molecular weight excluding hydrogens is 234 g/mol. The van der Waals surface area contributed by atoms with Gasteiger partial charge in [0.1, 0.15) is 0 Å². The highest BCUT2D eigenvalue weighted by Crippen LogP contribution is 2.45. The molecule has 106 valence electrons. The molecule has 19 heavy (non-hydrogen) atoms. The van der Waals surface area contributed by atoms with Crippen molar-refractivity contribution in [3.05, 3.63) is 18.2 Å². The van der Waals surface area contributed by atoms with Crippen LogP contribution in [-0.2, 0) is 0 Å². The van der Waals surface area contributed by atoms with E-state index in [1.807, 2.05) is 0 Å². The third kappa shape index (κ3) is 2.58. The highest BCUT2D eigenvalue weighted by atomic mass is 15.1. The lowest BCUT2D eigenvalue weighted by Crippen LogP contribution is -2.33. The minimum absolute atomic E-state index is 0.417. The van der Waals surface area contributed by atoms with Crippen molar-refractivity contribution < 1.29 is 0 Å². The van der Waals surface area contributed by atoms with Crippen molar-refractivity contribution in [2.45, 2.75) is 64.3 Å². The number of imidazole rings is 1. The third-order valence-corrected chi connectivity index (χ3v) is 5.24. The number of piperidine rings is 1. The van der Waals surface area contributed by atoms with Gasteiger partial charge in [0.15, 0.2) is 0 Å². The molecule has 3 heteroatoms. The van der Waals surface area contributed by atoms with Crippen molar-refractivity contribution >= 4 is 0 Å². The Morgan fingerprint density at radius 2 is 2.00 bits per heavy atom. The van der Waals surface area contributed by atoms with Crippen molar-refractivity contribution in [1.82, 2.24) is 14.9 Å². The maximum Gasteiger partial charge on any atom is 0.0951 e. The maximum absolute atomic E-state index is 4.48. The van der Waals surface area contributed by atoms with Crippen LogP contribution in [0.2, 0.25) is 0 Å². The van der Waals surface area contributed by atoms with E-state index < -0.39 is 0 Å². The summed E-state index contributed by atoms with van der Waals surface area (Å²) in [6.07, 6.45) is 12.2. The normalized spacial score (nSPS) is 28.4. The van der Waals surface area contributed by atoms with Gasteiger partial charge in [-0.1, -0.05) is 26.7 Å². The Morgan fingerprint density at radius 3 is 2.74 bits per heavy atom. The van der Waals surface area contributed by atoms with Crippen LogP contribution in [0, 0.1) is 5.41 Å². The Hall–Kier alpha value is -0.830. The van der Waals surface area contributed by atoms with Gasteiger partial charge >= 0.3 is 0 Å². The van der Waals surface area contributed by atoms with E-state index in [0.717, 1.165) is 13.1 Å². The molecule has 2 fully saturated rings. The van der Waals surface area contributed by atoms with Gasteiger partial charge in [-0.05, 0) is 44.2 Å². The number of rotatable bonds is 2. The summed E-state index contributed by atoms with van der Waals surface area (Å²) >= 11 is 0. The molecule has 0 bridgehead atoms. The van der Waals surface area contributed by atoms with Crippen molar-refractivity contribution in [3.63, 3.8) is 0 Å². The fourth-order valence-electron chi connectivity index (χ4n) is 4.00. The number of nitrogens with one attached hydrogen (secondary N) is 1. The van der Waals surface area contributed by atoms with E-state index in [1.54, 1.807) is 0 Å². The van der Waals surface area contributed by atoms with Crippen LogP contribution < -0.4 is 5.32 Å². The molecule has 0 radical (unpaired) electrons. The second-order valence-electron chi connectivity index (χ2n) is 7.00. The lowest BCUT2D eigenvalue weighted by atomic mass is 9.73. The number of nitrogens with zero attached hydrogens (tertiary/aromatic N) is 2. The molecule has 1 saturated carbocycles. The minimum atomic E-state index is 0.417. The van der Waals surface area contributed by atoms with Gasteiger partial charge in [-0.25, -0.2) is 4.98 Å². The topological polar surface area (TPSA) is 29.9 Å². The molecule has 3 nitrogen and oxygen atoms in total. The molecule has 2 heterocycles. The van der Waals surface area contributed by atoms with E-state index >= 15 is 0 Å². The van der Waals surface area contributed by atoms with Crippen LogP contribution in [0.1, 0.15) is 70.0 Å². The van der Waals surface area contributed by atoms with Crippen LogP contribution in [0.3, 0.4) is 0 Å². The molecule has 0 amide bonds. The molecule has 1 saturated heterocycles. The largest absolute Gasteiger partial charge is 0.331 e. The van der Waals surface area contributed by atoms with E-state index in [-0.39, 0.29) is 0 Å². The first kappa shape index (κ1) is 13.2. The van der Waals surface area contributed by atoms with E-state index in [0.29, 0.717) is 17.4 Å².